The van der Waals surface area contributed by atoms with Crippen molar-refractivity contribution in [2.75, 3.05) is 25.0 Å². The van der Waals surface area contributed by atoms with Gasteiger partial charge in [0.2, 0.25) is 0 Å². The molecule has 1 heterocycles. The van der Waals surface area contributed by atoms with Crippen LogP contribution in [0, 0.1) is 12.8 Å². The second kappa shape index (κ2) is 6.21. The fourth-order valence-corrected chi connectivity index (χ4v) is 3.91. The Morgan fingerprint density at radius 3 is 2.65 bits per heavy atom. The molecule has 2 N–H and O–H groups in total. The van der Waals surface area contributed by atoms with Crippen LogP contribution in [0.25, 0.3) is 0 Å². The Kier molecular flexibility index (Phi) is 4.88. The van der Waals surface area contributed by atoms with Crippen LogP contribution in [0.3, 0.4) is 0 Å². The first-order valence-corrected chi connectivity index (χ1v) is 7.65. The first-order valence-electron chi connectivity index (χ1n) is 6.07. The summed E-state index contributed by atoms with van der Waals surface area (Å²) in [5, 5.41) is 6.99. The van der Waals surface area contributed by atoms with Gasteiger partial charge in [-0.15, -0.1) is 0 Å². The lowest BCUT2D eigenvalue weighted by atomic mass is 10.00. The van der Waals surface area contributed by atoms with Crippen molar-refractivity contribution in [3.63, 3.8) is 0 Å². The Morgan fingerprint density at radius 1 is 1.35 bits per heavy atom. The molecule has 0 amide bonds. The second-order valence-corrected chi connectivity index (χ2v) is 6.41. The number of hydrogen-bond donors (Lipinski definition) is 2. The van der Waals surface area contributed by atoms with Crippen LogP contribution in [0.15, 0.2) is 21.1 Å². The van der Waals surface area contributed by atoms with E-state index in [4.69, 9.17) is 0 Å². The molecule has 1 aliphatic heterocycles. The zero-order valence-electron chi connectivity index (χ0n) is 10.0. The molecule has 0 aliphatic carbocycles. The molecule has 1 atom stereocenters. The molecule has 2 rings (SSSR count). The van der Waals surface area contributed by atoms with Crippen LogP contribution in [0.5, 0.6) is 0 Å². The number of hydrogen-bond acceptors (Lipinski definition) is 2. The molecule has 0 bridgehead atoms. The minimum Gasteiger partial charge on any atom is -0.383 e. The maximum atomic E-state index is 3.61. The smallest absolute Gasteiger partial charge is 0.0629 e. The third kappa shape index (κ3) is 3.70. The number of anilines is 1. The largest absolute Gasteiger partial charge is 0.383 e. The van der Waals surface area contributed by atoms with E-state index in [1.54, 1.807) is 0 Å². The minimum absolute atomic E-state index is 0.740. The van der Waals surface area contributed by atoms with Crippen molar-refractivity contribution in [3.05, 3.63) is 26.6 Å². The molecule has 0 aromatic heterocycles. The summed E-state index contributed by atoms with van der Waals surface area (Å²) >= 11 is 7.23. The molecule has 0 radical (unpaired) electrons. The number of aryl methyl sites for hydroxylation is 1. The highest BCUT2D eigenvalue weighted by atomic mass is 79.9. The molecule has 2 nitrogen and oxygen atoms in total. The van der Waals surface area contributed by atoms with Gasteiger partial charge in [-0.25, -0.2) is 0 Å². The number of benzene rings is 1. The van der Waals surface area contributed by atoms with Crippen molar-refractivity contribution in [2.24, 2.45) is 5.92 Å². The second-order valence-electron chi connectivity index (χ2n) is 4.70. The first-order chi connectivity index (χ1) is 8.16. The zero-order chi connectivity index (χ0) is 12.3. The lowest BCUT2D eigenvalue weighted by molar-refractivity contribution is 0.393. The molecule has 1 saturated heterocycles. The maximum Gasteiger partial charge on any atom is 0.0629 e. The van der Waals surface area contributed by atoms with E-state index in [0.717, 1.165) is 28.0 Å². The maximum absolute atomic E-state index is 3.61. The summed E-state index contributed by atoms with van der Waals surface area (Å²) in [6.45, 7) is 5.44. The van der Waals surface area contributed by atoms with Gasteiger partial charge in [0.25, 0.3) is 0 Å². The Labute approximate surface area is 120 Å². The van der Waals surface area contributed by atoms with E-state index < -0.39 is 0 Å². The predicted molar refractivity (Wildman–Crippen MR) is 80.7 cm³/mol. The predicted octanol–water partition coefficient (Wildman–Crippen LogP) is 3.93. The van der Waals surface area contributed by atoms with E-state index in [9.17, 15) is 0 Å². The molecular weight excluding hydrogens is 344 g/mol. The highest BCUT2D eigenvalue weighted by molar-refractivity contribution is 9.11. The average molecular weight is 362 g/mol. The number of rotatable bonds is 3. The lowest BCUT2D eigenvalue weighted by Gasteiger charge is -2.24. The van der Waals surface area contributed by atoms with Crippen molar-refractivity contribution in [3.8, 4) is 0 Å². The molecule has 1 aromatic rings. The number of nitrogens with one attached hydrogen (secondary N) is 2. The normalized spacial score (nSPS) is 20.3. The van der Waals surface area contributed by atoms with Gasteiger partial charge in [0.15, 0.2) is 0 Å². The van der Waals surface area contributed by atoms with Crippen molar-refractivity contribution in [2.45, 2.75) is 19.8 Å². The van der Waals surface area contributed by atoms with E-state index in [-0.39, 0.29) is 0 Å². The fraction of sp³-hybridized carbons (Fsp3) is 0.538. The first kappa shape index (κ1) is 13.4. The third-order valence-electron chi connectivity index (χ3n) is 3.15. The summed E-state index contributed by atoms with van der Waals surface area (Å²) in [6.07, 6.45) is 2.61. The van der Waals surface area contributed by atoms with Gasteiger partial charge in [-0.2, -0.15) is 0 Å². The Bertz CT molecular complexity index is 364. The standard InChI is InChI=1S/C13H18Br2N2/c1-9-5-11(14)13(12(15)6-9)17-8-10-3-2-4-16-7-10/h5-6,10,16-17H,2-4,7-8H2,1H3. The van der Waals surface area contributed by atoms with Crippen LogP contribution in [0.1, 0.15) is 18.4 Å². The van der Waals surface area contributed by atoms with Crippen LogP contribution in [-0.2, 0) is 0 Å². The van der Waals surface area contributed by atoms with Gasteiger partial charge in [0, 0.05) is 15.5 Å². The molecule has 0 spiro atoms. The Morgan fingerprint density at radius 2 is 2.06 bits per heavy atom. The molecule has 0 saturated carbocycles. The Balaban J connectivity index is 1.98. The highest BCUT2D eigenvalue weighted by Crippen LogP contribution is 2.32. The monoisotopic (exact) mass is 360 g/mol. The van der Waals surface area contributed by atoms with Gasteiger partial charge < -0.3 is 10.6 Å². The summed E-state index contributed by atoms with van der Waals surface area (Å²) in [5.41, 5.74) is 2.43. The summed E-state index contributed by atoms with van der Waals surface area (Å²) in [5.74, 6) is 0.740. The molecular formula is C13H18Br2N2. The van der Waals surface area contributed by atoms with Crippen LogP contribution < -0.4 is 10.6 Å². The van der Waals surface area contributed by atoms with Gasteiger partial charge >= 0.3 is 0 Å². The van der Waals surface area contributed by atoms with E-state index in [0.29, 0.717) is 0 Å². The molecule has 1 aliphatic rings. The zero-order valence-corrected chi connectivity index (χ0v) is 13.2. The SMILES string of the molecule is Cc1cc(Br)c(NCC2CCCNC2)c(Br)c1. The van der Waals surface area contributed by atoms with Crippen molar-refractivity contribution in [1.29, 1.82) is 0 Å². The molecule has 94 valence electrons. The molecule has 4 heteroatoms. The van der Waals surface area contributed by atoms with Gasteiger partial charge in [0.05, 0.1) is 5.69 Å². The summed E-state index contributed by atoms with van der Waals surface area (Å²) < 4.78 is 2.27. The van der Waals surface area contributed by atoms with Gasteiger partial charge in [0.1, 0.15) is 0 Å². The molecule has 17 heavy (non-hydrogen) atoms. The summed E-state index contributed by atoms with van der Waals surface area (Å²) in [6, 6.07) is 4.29. The third-order valence-corrected chi connectivity index (χ3v) is 4.40. The van der Waals surface area contributed by atoms with Gasteiger partial charge in [-0.05, 0) is 88.3 Å². The van der Waals surface area contributed by atoms with E-state index in [1.807, 2.05) is 0 Å². The topological polar surface area (TPSA) is 24.1 Å². The minimum atomic E-state index is 0.740. The summed E-state index contributed by atoms with van der Waals surface area (Å²) in [4.78, 5) is 0. The number of halogens is 2. The van der Waals surface area contributed by atoms with Crippen molar-refractivity contribution < 1.29 is 0 Å². The summed E-state index contributed by atoms with van der Waals surface area (Å²) in [7, 11) is 0. The lowest BCUT2D eigenvalue weighted by Crippen LogP contribution is -2.33. The van der Waals surface area contributed by atoms with Crippen molar-refractivity contribution >= 4 is 37.5 Å². The average Bonchev–Trinajstić information content (AvgIpc) is 2.29. The van der Waals surface area contributed by atoms with Gasteiger partial charge in [-0.3, -0.25) is 0 Å². The highest BCUT2D eigenvalue weighted by Gasteiger charge is 2.14. The molecule has 1 aromatic carbocycles. The quantitative estimate of drug-likeness (QED) is 0.852. The Hall–Kier alpha value is -0.0600. The van der Waals surface area contributed by atoms with Crippen LogP contribution in [0.4, 0.5) is 5.69 Å². The van der Waals surface area contributed by atoms with E-state index in [2.05, 4.69) is 61.5 Å². The van der Waals surface area contributed by atoms with Crippen LogP contribution >= 0.6 is 31.9 Å². The van der Waals surface area contributed by atoms with Crippen LogP contribution in [0.2, 0.25) is 0 Å². The van der Waals surface area contributed by atoms with Crippen LogP contribution in [-0.4, -0.2) is 19.6 Å². The van der Waals surface area contributed by atoms with Crippen molar-refractivity contribution in [1.82, 2.24) is 5.32 Å². The molecule has 1 unspecified atom stereocenters. The van der Waals surface area contributed by atoms with E-state index >= 15 is 0 Å². The molecule has 1 fully saturated rings. The van der Waals surface area contributed by atoms with Gasteiger partial charge in [-0.1, -0.05) is 0 Å². The van der Waals surface area contributed by atoms with E-state index in [1.165, 1.54) is 30.6 Å². The fourth-order valence-electron chi connectivity index (χ4n) is 2.21. The number of piperidine rings is 1.